The summed E-state index contributed by atoms with van der Waals surface area (Å²) in [6.07, 6.45) is 11.9. The summed E-state index contributed by atoms with van der Waals surface area (Å²) in [6.45, 7) is 4.28. The molecule has 4 heteroatoms. The minimum atomic E-state index is 0.142. The number of pyridine rings is 1. The predicted octanol–water partition coefficient (Wildman–Crippen LogP) is 5.55. The van der Waals surface area contributed by atoms with E-state index in [9.17, 15) is 4.79 Å². The molecule has 0 saturated carbocycles. The van der Waals surface area contributed by atoms with Gasteiger partial charge >= 0.3 is 0 Å². The summed E-state index contributed by atoms with van der Waals surface area (Å²) in [4.78, 5) is 18.9. The third-order valence-corrected chi connectivity index (χ3v) is 8.13. The number of carbonyl (C=O) groups is 1. The molecule has 36 heavy (non-hydrogen) atoms. The topological polar surface area (TPSA) is 45.2 Å². The van der Waals surface area contributed by atoms with Crippen LogP contribution in [0, 0.1) is 5.92 Å². The number of hydrogen-bond acceptors (Lipinski definition) is 3. The molecule has 0 spiro atoms. The second-order valence-electron chi connectivity index (χ2n) is 10.5. The number of rotatable bonds is 9. The molecule has 3 aromatic rings. The molecule has 1 aromatic heterocycles. The molecule has 1 aliphatic carbocycles. The van der Waals surface area contributed by atoms with E-state index < -0.39 is 0 Å². The molecule has 2 heterocycles. The van der Waals surface area contributed by atoms with Gasteiger partial charge in [0.1, 0.15) is 0 Å². The largest absolute Gasteiger partial charge is 0.356 e. The number of likely N-dealkylation sites (tertiary alicyclic amines) is 1. The summed E-state index contributed by atoms with van der Waals surface area (Å²) in [5.41, 5.74) is 7.35. The number of piperidine rings is 1. The number of carbonyl (C=O) groups excluding carboxylic acids is 1. The van der Waals surface area contributed by atoms with Crippen molar-refractivity contribution in [1.82, 2.24) is 15.2 Å². The molecule has 1 aliphatic heterocycles. The summed E-state index contributed by atoms with van der Waals surface area (Å²) < 4.78 is 0. The van der Waals surface area contributed by atoms with Gasteiger partial charge in [0.2, 0.25) is 5.91 Å². The Morgan fingerprint density at radius 2 is 1.58 bits per heavy atom. The van der Waals surface area contributed by atoms with Gasteiger partial charge in [-0.25, -0.2) is 0 Å². The lowest BCUT2D eigenvalue weighted by Gasteiger charge is -2.37. The number of amides is 1. The van der Waals surface area contributed by atoms with E-state index in [0.29, 0.717) is 18.3 Å². The molecule has 1 fully saturated rings. The Balaban J connectivity index is 1.06. The highest BCUT2D eigenvalue weighted by molar-refractivity contribution is 5.76. The van der Waals surface area contributed by atoms with Gasteiger partial charge in [-0.05, 0) is 104 Å². The number of aryl methyl sites for hydroxylation is 3. The molecule has 5 rings (SSSR count). The quantitative estimate of drug-likeness (QED) is 0.408. The summed E-state index contributed by atoms with van der Waals surface area (Å²) in [7, 11) is 0. The van der Waals surface area contributed by atoms with Gasteiger partial charge in [0.15, 0.2) is 0 Å². The number of nitrogens with one attached hydrogen (secondary N) is 1. The van der Waals surface area contributed by atoms with E-state index in [-0.39, 0.29) is 5.91 Å². The Kier molecular flexibility index (Phi) is 8.45. The molecule has 0 atom stereocenters. The zero-order chi connectivity index (χ0) is 24.6. The van der Waals surface area contributed by atoms with Crippen LogP contribution in [0.4, 0.5) is 0 Å². The van der Waals surface area contributed by atoms with Crippen molar-refractivity contribution in [2.45, 2.75) is 57.3 Å². The predicted molar refractivity (Wildman–Crippen MR) is 146 cm³/mol. The van der Waals surface area contributed by atoms with Gasteiger partial charge in [0.05, 0.1) is 0 Å². The van der Waals surface area contributed by atoms with E-state index in [1.54, 1.807) is 28.5 Å². The Morgan fingerprint density at radius 3 is 2.25 bits per heavy atom. The standard InChI is InChI=1S/C32H39N3O/c36-31(16-13-25-8-7-19-33-24-25)34-20-5-6-21-35-22-17-28(18-23-35)32-29-11-3-1-9-26(29)14-15-27-10-2-4-12-30(27)32/h1-4,7-12,19,24,28,32H,5-6,13-18,20-23H2,(H,34,36). The Labute approximate surface area is 216 Å². The van der Waals surface area contributed by atoms with Gasteiger partial charge < -0.3 is 10.2 Å². The van der Waals surface area contributed by atoms with Crippen LogP contribution in [-0.4, -0.2) is 42.0 Å². The Morgan fingerprint density at radius 1 is 0.889 bits per heavy atom. The Bertz CT molecular complexity index is 1070. The first-order valence-electron chi connectivity index (χ1n) is 13.8. The van der Waals surface area contributed by atoms with Crippen LogP contribution in [0.2, 0.25) is 0 Å². The summed E-state index contributed by atoms with van der Waals surface area (Å²) in [6, 6.07) is 22.3. The number of aromatic nitrogens is 1. The number of fused-ring (bicyclic) bond motifs is 2. The minimum Gasteiger partial charge on any atom is -0.356 e. The second kappa shape index (κ2) is 12.3. The lowest BCUT2D eigenvalue weighted by Crippen LogP contribution is -2.37. The smallest absolute Gasteiger partial charge is 0.220 e. The van der Waals surface area contributed by atoms with Crippen LogP contribution in [0.1, 0.15) is 65.8 Å². The average molecular weight is 482 g/mol. The maximum absolute atomic E-state index is 12.1. The normalized spacial score (nSPS) is 16.7. The molecule has 1 amide bonds. The fourth-order valence-electron chi connectivity index (χ4n) is 6.17. The molecule has 1 saturated heterocycles. The van der Waals surface area contributed by atoms with Crippen molar-refractivity contribution >= 4 is 5.91 Å². The fourth-order valence-corrected chi connectivity index (χ4v) is 6.17. The first kappa shape index (κ1) is 24.7. The molecule has 2 aromatic carbocycles. The van der Waals surface area contributed by atoms with E-state index in [2.05, 4.69) is 63.7 Å². The number of benzene rings is 2. The molecular formula is C32H39N3O. The van der Waals surface area contributed by atoms with E-state index in [4.69, 9.17) is 0 Å². The maximum atomic E-state index is 12.1. The van der Waals surface area contributed by atoms with Crippen LogP contribution >= 0.6 is 0 Å². The highest BCUT2D eigenvalue weighted by Crippen LogP contribution is 2.42. The third kappa shape index (κ3) is 6.22. The van der Waals surface area contributed by atoms with Crippen LogP contribution in [0.3, 0.4) is 0 Å². The summed E-state index contributed by atoms with van der Waals surface area (Å²) in [5.74, 6) is 1.38. The van der Waals surface area contributed by atoms with Gasteiger partial charge in [-0.15, -0.1) is 0 Å². The van der Waals surface area contributed by atoms with E-state index in [1.165, 1.54) is 25.9 Å². The number of hydrogen-bond donors (Lipinski definition) is 1. The average Bonchev–Trinajstić information content (AvgIpc) is 3.10. The van der Waals surface area contributed by atoms with Crippen molar-refractivity contribution in [3.8, 4) is 0 Å². The van der Waals surface area contributed by atoms with Crippen LogP contribution in [-0.2, 0) is 24.1 Å². The van der Waals surface area contributed by atoms with Crippen molar-refractivity contribution in [2.75, 3.05) is 26.2 Å². The van der Waals surface area contributed by atoms with E-state index >= 15 is 0 Å². The molecule has 188 valence electrons. The first-order chi connectivity index (χ1) is 17.8. The third-order valence-electron chi connectivity index (χ3n) is 8.13. The minimum absolute atomic E-state index is 0.142. The zero-order valence-corrected chi connectivity index (χ0v) is 21.4. The molecule has 0 unspecified atom stereocenters. The van der Waals surface area contributed by atoms with Gasteiger partial charge in [-0.2, -0.15) is 0 Å². The van der Waals surface area contributed by atoms with Crippen molar-refractivity contribution in [1.29, 1.82) is 0 Å². The fraction of sp³-hybridized carbons (Fsp3) is 0.438. The highest BCUT2D eigenvalue weighted by Gasteiger charge is 2.32. The summed E-state index contributed by atoms with van der Waals surface area (Å²) >= 11 is 0. The van der Waals surface area contributed by atoms with Crippen LogP contribution in [0.15, 0.2) is 73.1 Å². The van der Waals surface area contributed by atoms with Crippen molar-refractivity contribution < 1.29 is 4.79 Å². The molecule has 0 radical (unpaired) electrons. The van der Waals surface area contributed by atoms with Crippen LogP contribution < -0.4 is 5.32 Å². The lowest BCUT2D eigenvalue weighted by molar-refractivity contribution is -0.121. The lowest BCUT2D eigenvalue weighted by atomic mass is 9.74. The SMILES string of the molecule is O=C(CCc1cccnc1)NCCCCN1CCC(C2c3ccccc3CCc3ccccc32)CC1. The van der Waals surface area contributed by atoms with E-state index in [0.717, 1.165) is 50.8 Å². The zero-order valence-electron chi connectivity index (χ0n) is 21.4. The second-order valence-corrected chi connectivity index (χ2v) is 10.5. The van der Waals surface area contributed by atoms with Gasteiger partial charge in [-0.1, -0.05) is 54.6 Å². The molecule has 0 bridgehead atoms. The Hall–Kier alpha value is -2.98. The van der Waals surface area contributed by atoms with Crippen molar-refractivity contribution in [3.63, 3.8) is 0 Å². The first-order valence-corrected chi connectivity index (χ1v) is 13.8. The van der Waals surface area contributed by atoms with Gasteiger partial charge in [0.25, 0.3) is 0 Å². The number of nitrogens with zero attached hydrogens (tertiary/aromatic N) is 2. The molecule has 2 aliphatic rings. The van der Waals surface area contributed by atoms with Crippen LogP contribution in [0.5, 0.6) is 0 Å². The van der Waals surface area contributed by atoms with Gasteiger partial charge in [0, 0.05) is 31.3 Å². The monoisotopic (exact) mass is 481 g/mol. The molecular weight excluding hydrogens is 442 g/mol. The maximum Gasteiger partial charge on any atom is 0.220 e. The number of unbranched alkanes of at least 4 members (excludes halogenated alkanes) is 1. The van der Waals surface area contributed by atoms with E-state index in [1.807, 2.05) is 18.3 Å². The van der Waals surface area contributed by atoms with Crippen molar-refractivity contribution in [2.24, 2.45) is 5.92 Å². The van der Waals surface area contributed by atoms with Gasteiger partial charge in [-0.3, -0.25) is 9.78 Å². The van der Waals surface area contributed by atoms with Crippen LogP contribution in [0.25, 0.3) is 0 Å². The molecule has 1 N–H and O–H groups in total. The highest BCUT2D eigenvalue weighted by atomic mass is 16.1. The summed E-state index contributed by atoms with van der Waals surface area (Å²) in [5, 5.41) is 3.09. The molecule has 4 nitrogen and oxygen atoms in total. The van der Waals surface area contributed by atoms with Crippen molar-refractivity contribution in [3.05, 3.63) is 101 Å².